The number of carbonyl (C=O) groups is 1. The predicted octanol–water partition coefficient (Wildman–Crippen LogP) is 2.61. The number of nitrogens with zero attached hydrogens (tertiary/aromatic N) is 1. The highest BCUT2D eigenvalue weighted by Gasteiger charge is 2.13. The van der Waals surface area contributed by atoms with E-state index in [2.05, 4.69) is 15.3 Å². The standard InChI is InChI=1S/C19H15N3O4/c1-25-11-6-7-12-15(23)9-17(26-16(12)8-11)19(24)20-10-18-21-13-4-2-3-5-14(13)22-18/h2-9H,10H2,1H3,(H,20,24)(H,21,22). The van der Waals surface area contributed by atoms with Gasteiger partial charge >= 0.3 is 0 Å². The SMILES string of the molecule is COc1ccc2c(=O)cc(C(=O)NCc3nc4ccccc4[nH]3)oc2c1. The van der Waals surface area contributed by atoms with E-state index in [-0.39, 0.29) is 17.7 Å². The van der Waals surface area contributed by atoms with Gasteiger partial charge in [0.2, 0.25) is 0 Å². The average Bonchev–Trinajstić information content (AvgIpc) is 3.08. The lowest BCUT2D eigenvalue weighted by atomic mass is 10.2. The Hall–Kier alpha value is -3.61. The molecule has 0 aliphatic carbocycles. The molecule has 0 unspecified atom stereocenters. The van der Waals surface area contributed by atoms with Gasteiger partial charge in [0.25, 0.3) is 5.91 Å². The highest BCUT2D eigenvalue weighted by molar-refractivity contribution is 5.93. The first-order valence-corrected chi connectivity index (χ1v) is 7.98. The van der Waals surface area contributed by atoms with Gasteiger partial charge in [-0.15, -0.1) is 0 Å². The highest BCUT2D eigenvalue weighted by Crippen LogP contribution is 2.19. The second-order valence-electron chi connectivity index (χ2n) is 5.72. The van der Waals surface area contributed by atoms with Crippen molar-refractivity contribution in [2.75, 3.05) is 7.11 Å². The van der Waals surface area contributed by atoms with Crippen LogP contribution in [0.4, 0.5) is 0 Å². The first kappa shape index (κ1) is 15.9. The molecule has 2 aromatic heterocycles. The fourth-order valence-electron chi connectivity index (χ4n) is 2.71. The Balaban J connectivity index is 1.58. The summed E-state index contributed by atoms with van der Waals surface area (Å²) in [5, 5.41) is 3.09. The van der Waals surface area contributed by atoms with Crippen LogP contribution < -0.4 is 15.5 Å². The average molecular weight is 349 g/mol. The first-order valence-electron chi connectivity index (χ1n) is 7.98. The largest absolute Gasteiger partial charge is 0.497 e. The van der Waals surface area contributed by atoms with Crippen LogP contribution in [0.2, 0.25) is 0 Å². The number of benzene rings is 2. The molecule has 0 atom stereocenters. The lowest BCUT2D eigenvalue weighted by Gasteiger charge is -2.05. The Morgan fingerprint density at radius 3 is 2.88 bits per heavy atom. The van der Waals surface area contributed by atoms with Gasteiger partial charge in [0.05, 0.1) is 30.1 Å². The minimum absolute atomic E-state index is 0.0631. The van der Waals surface area contributed by atoms with Crippen LogP contribution in [0.15, 0.2) is 57.7 Å². The molecule has 130 valence electrons. The van der Waals surface area contributed by atoms with Gasteiger partial charge in [0.1, 0.15) is 17.2 Å². The third kappa shape index (κ3) is 2.90. The van der Waals surface area contributed by atoms with E-state index in [0.29, 0.717) is 22.5 Å². The van der Waals surface area contributed by atoms with Crippen molar-refractivity contribution in [1.29, 1.82) is 0 Å². The monoisotopic (exact) mass is 349 g/mol. The van der Waals surface area contributed by atoms with E-state index in [4.69, 9.17) is 9.15 Å². The summed E-state index contributed by atoms with van der Waals surface area (Å²) in [4.78, 5) is 32.1. The maximum absolute atomic E-state index is 12.4. The topological polar surface area (TPSA) is 97.2 Å². The van der Waals surface area contributed by atoms with E-state index in [1.165, 1.54) is 13.2 Å². The van der Waals surface area contributed by atoms with Gasteiger partial charge in [-0.1, -0.05) is 12.1 Å². The van der Waals surface area contributed by atoms with Crippen LogP contribution in [0, 0.1) is 0 Å². The number of H-pyrrole nitrogens is 1. The maximum Gasteiger partial charge on any atom is 0.287 e. The minimum Gasteiger partial charge on any atom is -0.497 e. The van der Waals surface area contributed by atoms with Crippen LogP contribution in [0.5, 0.6) is 5.75 Å². The molecule has 0 bridgehead atoms. The summed E-state index contributed by atoms with van der Waals surface area (Å²) in [6.07, 6.45) is 0. The lowest BCUT2D eigenvalue weighted by Crippen LogP contribution is -2.24. The molecular weight excluding hydrogens is 334 g/mol. The van der Waals surface area contributed by atoms with Gasteiger partial charge in [0, 0.05) is 12.1 Å². The molecule has 0 fully saturated rings. The van der Waals surface area contributed by atoms with Crippen LogP contribution in [-0.2, 0) is 6.54 Å². The smallest absolute Gasteiger partial charge is 0.287 e. The quantitative estimate of drug-likeness (QED) is 0.590. The van der Waals surface area contributed by atoms with Crippen molar-refractivity contribution in [3.8, 4) is 5.75 Å². The van der Waals surface area contributed by atoms with Crippen LogP contribution in [0.25, 0.3) is 22.0 Å². The van der Waals surface area contributed by atoms with Gasteiger partial charge in [0.15, 0.2) is 11.2 Å². The Bertz CT molecular complexity index is 1140. The molecule has 26 heavy (non-hydrogen) atoms. The molecule has 0 aliphatic rings. The summed E-state index contributed by atoms with van der Waals surface area (Å²) in [6.45, 7) is 0.188. The molecule has 4 rings (SSSR count). The molecule has 0 saturated heterocycles. The molecule has 2 N–H and O–H groups in total. The number of aromatic nitrogens is 2. The number of nitrogens with one attached hydrogen (secondary N) is 2. The van der Waals surface area contributed by atoms with E-state index in [1.54, 1.807) is 18.2 Å². The first-order chi connectivity index (χ1) is 12.6. The second-order valence-corrected chi connectivity index (χ2v) is 5.72. The van der Waals surface area contributed by atoms with E-state index in [0.717, 1.165) is 11.0 Å². The molecule has 0 aliphatic heterocycles. The Kier molecular flexibility index (Phi) is 3.89. The molecule has 2 aromatic carbocycles. The summed E-state index contributed by atoms with van der Waals surface area (Å²) < 4.78 is 10.7. The van der Waals surface area contributed by atoms with Crippen molar-refractivity contribution in [3.63, 3.8) is 0 Å². The van der Waals surface area contributed by atoms with E-state index in [1.807, 2.05) is 24.3 Å². The van der Waals surface area contributed by atoms with Crippen LogP contribution >= 0.6 is 0 Å². The number of amides is 1. The lowest BCUT2D eigenvalue weighted by molar-refractivity contribution is 0.0922. The van der Waals surface area contributed by atoms with E-state index >= 15 is 0 Å². The molecule has 0 spiro atoms. The number of rotatable bonds is 4. The number of carbonyl (C=O) groups excluding carboxylic acids is 1. The van der Waals surface area contributed by atoms with Crippen LogP contribution in [0.3, 0.4) is 0 Å². The fourth-order valence-corrected chi connectivity index (χ4v) is 2.71. The van der Waals surface area contributed by atoms with Gasteiger partial charge in [-0.3, -0.25) is 9.59 Å². The van der Waals surface area contributed by atoms with E-state index < -0.39 is 5.91 Å². The van der Waals surface area contributed by atoms with Crippen molar-refractivity contribution in [1.82, 2.24) is 15.3 Å². The van der Waals surface area contributed by atoms with Crippen LogP contribution in [0.1, 0.15) is 16.4 Å². The number of methoxy groups -OCH3 is 1. The number of imidazole rings is 1. The number of para-hydroxylation sites is 2. The molecule has 7 heteroatoms. The normalized spacial score (nSPS) is 11.0. The van der Waals surface area contributed by atoms with Crippen molar-refractivity contribution in [2.45, 2.75) is 6.54 Å². The summed E-state index contributed by atoms with van der Waals surface area (Å²) in [6, 6.07) is 13.6. The van der Waals surface area contributed by atoms with E-state index in [9.17, 15) is 9.59 Å². The van der Waals surface area contributed by atoms with Gasteiger partial charge in [-0.25, -0.2) is 4.98 Å². The third-order valence-corrected chi connectivity index (χ3v) is 4.01. The predicted molar refractivity (Wildman–Crippen MR) is 96.3 cm³/mol. The molecule has 2 heterocycles. The highest BCUT2D eigenvalue weighted by atomic mass is 16.5. The number of ether oxygens (including phenoxy) is 1. The number of hydrogen-bond donors (Lipinski definition) is 2. The molecule has 7 nitrogen and oxygen atoms in total. The Morgan fingerprint density at radius 1 is 1.23 bits per heavy atom. The molecular formula is C19H15N3O4. The minimum atomic E-state index is -0.493. The summed E-state index contributed by atoms with van der Waals surface area (Å²) >= 11 is 0. The van der Waals surface area contributed by atoms with Crippen molar-refractivity contribution >= 4 is 27.9 Å². The molecule has 0 saturated carbocycles. The van der Waals surface area contributed by atoms with Crippen LogP contribution in [-0.4, -0.2) is 23.0 Å². The molecule has 1 amide bonds. The zero-order valence-electron chi connectivity index (χ0n) is 13.9. The third-order valence-electron chi connectivity index (χ3n) is 4.01. The molecule has 4 aromatic rings. The number of hydrogen-bond acceptors (Lipinski definition) is 5. The molecule has 0 radical (unpaired) electrons. The number of aromatic amines is 1. The number of fused-ring (bicyclic) bond motifs is 2. The van der Waals surface area contributed by atoms with Crippen molar-refractivity contribution < 1.29 is 13.9 Å². The van der Waals surface area contributed by atoms with Crippen molar-refractivity contribution in [2.24, 2.45) is 0 Å². The maximum atomic E-state index is 12.4. The Labute approximate surface area is 147 Å². The van der Waals surface area contributed by atoms with Gasteiger partial charge in [-0.05, 0) is 24.3 Å². The van der Waals surface area contributed by atoms with Gasteiger partial charge < -0.3 is 19.5 Å². The summed E-state index contributed by atoms with van der Waals surface area (Å²) in [7, 11) is 1.52. The second kappa shape index (κ2) is 6.36. The fraction of sp³-hybridized carbons (Fsp3) is 0.105. The summed E-state index contributed by atoms with van der Waals surface area (Å²) in [5.41, 5.74) is 1.72. The zero-order valence-corrected chi connectivity index (χ0v) is 13.9. The Morgan fingerprint density at radius 2 is 2.08 bits per heavy atom. The van der Waals surface area contributed by atoms with Gasteiger partial charge in [-0.2, -0.15) is 0 Å². The summed E-state index contributed by atoms with van der Waals surface area (Å²) in [5.74, 6) is 0.601. The van der Waals surface area contributed by atoms with Crippen molar-refractivity contribution in [3.05, 3.63) is 70.3 Å². The zero-order chi connectivity index (χ0) is 18.1.